The molecule has 11 rings (SSSR count). The zero-order chi connectivity index (χ0) is 36.3. The van der Waals surface area contributed by atoms with Crippen LogP contribution >= 0.6 is 0 Å². The second-order valence-electron chi connectivity index (χ2n) is 14.3. The summed E-state index contributed by atoms with van der Waals surface area (Å²) in [6.07, 6.45) is 2.21. The predicted molar refractivity (Wildman–Crippen MR) is 230 cm³/mol. The molecule has 9 aromatic carbocycles. The Morgan fingerprint density at radius 3 is 1.55 bits per heavy atom. The summed E-state index contributed by atoms with van der Waals surface area (Å²) in [4.78, 5) is 5.12. The van der Waals surface area contributed by atoms with Crippen LogP contribution in [0.15, 0.2) is 204 Å². The van der Waals surface area contributed by atoms with Gasteiger partial charge in [0.2, 0.25) is 0 Å². The lowest BCUT2D eigenvalue weighted by Gasteiger charge is -2.24. The standard InChI is InChI=1S/C52H34N2O/c1-3-14-34(15-4-1)47-32-48(35-16-5-2-6-17-35)54-52(53-47)36-30-28-33(29-31-36)37-22-11-26-45-46-27-13-25-44(51(46)55-50(37)45)43-24-12-23-42-40-19-8-7-18-38(40)39-20-9-10-21-41(39)49(42)43/h1-32,47H,(H,53,54). The van der Waals surface area contributed by atoms with Crippen molar-refractivity contribution in [3.8, 4) is 22.3 Å². The molecular weight excluding hydrogens is 669 g/mol. The highest BCUT2D eigenvalue weighted by Gasteiger charge is 2.21. The van der Waals surface area contributed by atoms with Crippen molar-refractivity contribution in [1.82, 2.24) is 5.32 Å². The van der Waals surface area contributed by atoms with Gasteiger partial charge in [-0.1, -0.05) is 188 Å². The number of nitrogens with zero attached hydrogens (tertiary/aromatic N) is 1. The Morgan fingerprint density at radius 2 is 0.873 bits per heavy atom. The third-order valence-electron chi connectivity index (χ3n) is 11.1. The maximum Gasteiger partial charge on any atom is 0.143 e. The van der Waals surface area contributed by atoms with Crippen molar-refractivity contribution in [3.05, 3.63) is 211 Å². The fourth-order valence-electron chi connectivity index (χ4n) is 8.54. The van der Waals surface area contributed by atoms with E-state index in [4.69, 9.17) is 9.41 Å². The molecule has 0 fully saturated rings. The van der Waals surface area contributed by atoms with E-state index in [-0.39, 0.29) is 6.04 Å². The summed E-state index contributed by atoms with van der Waals surface area (Å²) in [5, 5.41) is 13.5. The van der Waals surface area contributed by atoms with Gasteiger partial charge in [-0.2, -0.15) is 0 Å². The van der Waals surface area contributed by atoms with Crippen molar-refractivity contribution in [3.63, 3.8) is 0 Å². The largest absolute Gasteiger partial charge is 0.455 e. The summed E-state index contributed by atoms with van der Waals surface area (Å²) in [6.45, 7) is 0. The first-order valence-electron chi connectivity index (χ1n) is 18.8. The van der Waals surface area contributed by atoms with Crippen LogP contribution in [0.4, 0.5) is 0 Å². The number of amidine groups is 1. The molecular formula is C52H34N2O. The number of aliphatic imine (C=N–C) groups is 1. The van der Waals surface area contributed by atoms with Crippen molar-refractivity contribution in [2.75, 3.05) is 0 Å². The molecule has 0 spiro atoms. The molecule has 0 saturated heterocycles. The van der Waals surface area contributed by atoms with Crippen LogP contribution in [0.5, 0.6) is 0 Å². The Kier molecular flexibility index (Phi) is 7.24. The summed E-state index contributed by atoms with van der Waals surface area (Å²) in [7, 11) is 0. The zero-order valence-electron chi connectivity index (χ0n) is 29.9. The average molecular weight is 703 g/mol. The molecule has 3 nitrogen and oxygen atoms in total. The fourth-order valence-corrected chi connectivity index (χ4v) is 8.54. The van der Waals surface area contributed by atoms with Gasteiger partial charge in [0.15, 0.2) is 0 Å². The van der Waals surface area contributed by atoms with Gasteiger partial charge in [-0.3, -0.25) is 0 Å². The number of furan rings is 1. The summed E-state index contributed by atoms with van der Waals surface area (Å²) in [5.41, 5.74) is 10.5. The molecule has 1 aliphatic rings. The molecule has 10 aromatic rings. The monoisotopic (exact) mass is 702 g/mol. The predicted octanol–water partition coefficient (Wildman–Crippen LogP) is 13.5. The van der Waals surface area contributed by atoms with Crippen LogP contribution in [0.1, 0.15) is 22.7 Å². The zero-order valence-corrected chi connectivity index (χ0v) is 29.9. The van der Waals surface area contributed by atoms with Gasteiger partial charge in [-0.05, 0) is 60.6 Å². The van der Waals surface area contributed by atoms with Crippen LogP contribution in [0.25, 0.3) is 82.2 Å². The molecule has 55 heavy (non-hydrogen) atoms. The topological polar surface area (TPSA) is 37.5 Å². The van der Waals surface area contributed by atoms with Crippen LogP contribution in [0.2, 0.25) is 0 Å². The summed E-state index contributed by atoms with van der Waals surface area (Å²) >= 11 is 0. The molecule has 1 aromatic heterocycles. The van der Waals surface area contributed by atoms with E-state index in [0.717, 1.165) is 61.3 Å². The molecule has 0 saturated carbocycles. The van der Waals surface area contributed by atoms with Crippen molar-refractivity contribution in [1.29, 1.82) is 0 Å². The summed E-state index contributed by atoms with van der Waals surface area (Å²) in [6, 6.07) is 66.9. The number of benzene rings is 9. The third kappa shape index (κ3) is 5.16. The first-order valence-corrected chi connectivity index (χ1v) is 18.8. The van der Waals surface area contributed by atoms with Crippen molar-refractivity contribution < 1.29 is 4.42 Å². The second kappa shape index (κ2) is 12.7. The number of hydrogen-bond donors (Lipinski definition) is 1. The van der Waals surface area contributed by atoms with E-state index >= 15 is 0 Å². The second-order valence-corrected chi connectivity index (χ2v) is 14.3. The molecule has 0 aliphatic carbocycles. The third-order valence-corrected chi connectivity index (χ3v) is 11.1. The number of fused-ring (bicyclic) bond motifs is 9. The maximum absolute atomic E-state index is 7.00. The van der Waals surface area contributed by atoms with Crippen LogP contribution < -0.4 is 5.32 Å². The number of rotatable bonds is 5. The molecule has 258 valence electrons. The van der Waals surface area contributed by atoms with E-state index in [9.17, 15) is 0 Å². The van der Waals surface area contributed by atoms with Gasteiger partial charge in [0.1, 0.15) is 17.0 Å². The molecule has 3 heteroatoms. The van der Waals surface area contributed by atoms with Gasteiger partial charge in [0.25, 0.3) is 0 Å². The van der Waals surface area contributed by atoms with Gasteiger partial charge in [-0.15, -0.1) is 0 Å². The number of hydrogen-bond acceptors (Lipinski definition) is 3. The Balaban J connectivity index is 1.03. The van der Waals surface area contributed by atoms with Gasteiger partial charge < -0.3 is 9.73 Å². The lowest BCUT2D eigenvalue weighted by molar-refractivity contribution is 0.671. The van der Waals surface area contributed by atoms with Crippen LogP contribution in [-0.4, -0.2) is 5.84 Å². The van der Waals surface area contributed by atoms with Crippen molar-refractivity contribution >= 4 is 65.8 Å². The van der Waals surface area contributed by atoms with Crippen LogP contribution in [0.3, 0.4) is 0 Å². The summed E-state index contributed by atoms with van der Waals surface area (Å²) < 4.78 is 7.00. The van der Waals surface area contributed by atoms with E-state index in [0.29, 0.717) is 0 Å². The maximum atomic E-state index is 7.00. The Hall–Kier alpha value is -7.23. The van der Waals surface area contributed by atoms with Crippen LogP contribution in [0, 0.1) is 0 Å². The minimum absolute atomic E-state index is 0.000482. The molecule has 0 amide bonds. The average Bonchev–Trinajstić information content (AvgIpc) is 3.66. The molecule has 1 aliphatic heterocycles. The minimum Gasteiger partial charge on any atom is -0.455 e. The molecule has 1 unspecified atom stereocenters. The first-order chi connectivity index (χ1) is 27.3. The quantitative estimate of drug-likeness (QED) is 0.181. The van der Waals surface area contributed by atoms with Crippen LogP contribution in [-0.2, 0) is 0 Å². The molecule has 0 bridgehead atoms. The van der Waals surface area contributed by atoms with E-state index in [2.05, 4.69) is 193 Å². The highest BCUT2D eigenvalue weighted by atomic mass is 16.3. The highest BCUT2D eigenvalue weighted by molar-refractivity contribution is 6.29. The summed E-state index contributed by atoms with van der Waals surface area (Å²) in [5.74, 6) is 0.851. The minimum atomic E-state index is 0.000482. The van der Waals surface area contributed by atoms with Crippen molar-refractivity contribution in [2.24, 2.45) is 4.99 Å². The smallest absolute Gasteiger partial charge is 0.143 e. The fraction of sp³-hybridized carbons (Fsp3) is 0.0192. The molecule has 0 radical (unpaired) electrons. The van der Waals surface area contributed by atoms with E-state index in [1.54, 1.807) is 0 Å². The molecule has 1 N–H and O–H groups in total. The van der Waals surface area contributed by atoms with E-state index in [1.165, 1.54) is 43.4 Å². The van der Waals surface area contributed by atoms with Gasteiger partial charge >= 0.3 is 0 Å². The Bertz CT molecular complexity index is 3110. The number of para-hydroxylation sites is 2. The van der Waals surface area contributed by atoms with Gasteiger partial charge in [0.05, 0.1) is 11.7 Å². The van der Waals surface area contributed by atoms with Gasteiger partial charge in [-0.25, -0.2) is 4.99 Å². The normalized spacial score (nSPS) is 14.4. The lowest BCUT2D eigenvalue weighted by Crippen LogP contribution is -2.31. The lowest BCUT2D eigenvalue weighted by atomic mass is 9.89. The molecule has 2 heterocycles. The Morgan fingerprint density at radius 1 is 0.382 bits per heavy atom. The van der Waals surface area contributed by atoms with Crippen molar-refractivity contribution in [2.45, 2.75) is 6.04 Å². The number of nitrogens with one attached hydrogen (secondary N) is 1. The SMILES string of the molecule is C1=C(c2ccccc2)N=C(c2ccc(-c3cccc4c3oc3c(-c5cccc6c7ccccc7c7ccccc7c56)cccc34)cc2)NC1c1ccccc1. The molecule has 1 atom stereocenters. The highest BCUT2D eigenvalue weighted by Crippen LogP contribution is 2.44. The first kappa shape index (κ1) is 31.3. The van der Waals surface area contributed by atoms with E-state index < -0.39 is 0 Å². The van der Waals surface area contributed by atoms with E-state index in [1.807, 2.05) is 6.07 Å². The van der Waals surface area contributed by atoms with Gasteiger partial charge in [0, 0.05) is 27.5 Å². The Labute approximate surface area is 318 Å².